The molecule has 1 fully saturated rings. The van der Waals surface area contributed by atoms with E-state index in [2.05, 4.69) is 27.7 Å². The summed E-state index contributed by atoms with van der Waals surface area (Å²) in [6.45, 7) is 11.2. The normalized spacial score (nSPS) is 19.3. The van der Waals surface area contributed by atoms with Crippen LogP contribution in [0.25, 0.3) is 0 Å². The van der Waals surface area contributed by atoms with Gasteiger partial charge in [0.15, 0.2) is 0 Å². The molecule has 0 aromatic rings. The number of carboxylic acid groups (broad SMARTS) is 1. The maximum atomic E-state index is 12.2. The highest BCUT2D eigenvalue weighted by Gasteiger charge is 2.27. The molecule has 0 bridgehead atoms. The van der Waals surface area contributed by atoms with Crippen LogP contribution in [0.3, 0.4) is 0 Å². The first-order valence-corrected chi connectivity index (χ1v) is 6.92. The molecule has 1 saturated heterocycles. The van der Waals surface area contributed by atoms with Gasteiger partial charge in [0.1, 0.15) is 0 Å². The number of aliphatic carboxylic acids is 1. The lowest BCUT2D eigenvalue weighted by Crippen LogP contribution is -2.50. The molecule has 5 nitrogen and oxygen atoms in total. The molecular formula is C14H26N2O3. The van der Waals surface area contributed by atoms with Crippen molar-refractivity contribution in [2.24, 2.45) is 11.3 Å². The number of rotatable bonds is 4. The van der Waals surface area contributed by atoms with Gasteiger partial charge in [0.25, 0.3) is 0 Å². The Balaban J connectivity index is 2.39. The lowest BCUT2D eigenvalue weighted by atomic mass is 9.80. The second-order valence-corrected chi connectivity index (χ2v) is 6.52. The number of hydrogen-bond acceptors (Lipinski definition) is 3. The Morgan fingerprint density at radius 3 is 2.11 bits per heavy atom. The van der Waals surface area contributed by atoms with Crippen molar-refractivity contribution in [1.82, 2.24) is 9.80 Å². The maximum absolute atomic E-state index is 12.2. The van der Waals surface area contributed by atoms with Crippen molar-refractivity contribution in [2.75, 3.05) is 32.7 Å². The number of piperazine rings is 1. The summed E-state index contributed by atoms with van der Waals surface area (Å²) in [5, 5.41) is 8.73. The Morgan fingerprint density at radius 1 is 1.16 bits per heavy atom. The van der Waals surface area contributed by atoms with Gasteiger partial charge in [-0.3, -0.25) is 14.5 Å². The number of carbonyl (C=O) groups is 2. The van der Waals surface area contributed by atoms with Crippen LogP contribution in [0.15, 0.2) is 0 Å². The molecule has 110 valence electrons. The van der Waals surface area contributed by atoms with E-state index in [0.29, 0.717) is 38.5 Å². The van der Waals surface area contributed by atoms with Gasteiger partial charge < -0.3 is 10.0 Å². The van der Waals surface area contributed by atoms with Crippen molar-refractivity contribution in [3.05, 3.63) is 0 Å². The van der Waals surface area contributed by atoms with Crippen LogP contribution in [-0.4, -0.2) is 59.5 Å². The Bertz CT molecular complexity index is 328. The highest BCUT2D eigenvalue weighted by molar-refractivity contribution is 5.76. The molecule has 0 aromatic carbocycles. The largest absolute Gasteiger partial charge is 0.480 e. The van der Waals surface area contributed by atoms with Crippen LogP contribution in [0.2, 0.25) is 0 Å². The van der Waals surface area contributed by atoms with Gasteiger partial charge in [0, 0.05) is 32.6 Å². The minimum absolute atomic E-state index is 0.0699. The fraction of sp³-hybridized carbons (Fsp3) is 0.857. The minimum atomic E-state index is -0.805. The lowest BCUT2D eigenvalue weighted by Gasteiger charge is -2.35. The van der Waals surface area contributed by atoms with Crippen molar-refractivity contribution in [2.45, 2.75) is 34.1 Å². The minimum Gasteiger partial charge on any atom is -0.480 e. The van der Waals surface area contributed by atoms with E-state index in [1.54, 1.807) is 0 Å². The predicted octanol–water partition coefficient (Wildman–Crippen LogP) is 1.29. The van der Waals surface area contributed by atoms with Crippen LogP contribution >= 0.6 is 0 Å². The molecule has 1 aliphatic heterocycles. The topological polar surface area (TPSA) is 60.9 Å². The van der Waals surface area contributed by atoms with Gasteiger partial charge in [-0.2, -0.15) is 0 Å². The van der Waals surface area contributed by atoms with Crippen LogP contribution in [0.5, 0.6) is 0 Å². The third-order valence-corrected chi connectivity index (χ3v) is 4.04. The predicted molar refractivity (Wildman–Crippen MR) is 73.9 cm³/mol. The molecule has 1 atom stereocenters. The van der Waals surface area contributed by atoms with Gasteiger partial charge in [-0.25, -0.2) is 0 Å². The van der Waals surface area contributed by atoms with Crippen LogP contribution in [0.1, 0.15) is 34.1 Å². The number of carbonyl (C=O) groups excluding carboxylic acids is 1. The Hall–Kier alpha value is -1.10. The third kappa shape index (κ3) is 5.19. The molecule has 1 heterocycles. The van der Waals surface area contributed by atoms with E-state index in [-0.39, 0.29) is 17.9 Å². The van der Waals surface area contributed by atoms with Gasteiger partial charge in [-0.05, 0) is 11.3 Å². The molecular weight excluding hydrogens is 244 g/mol. The van der Waals surface area contributed by atoms with E-state index in [4.69, 9.17) is 5.11 Å². The molecule has 1 aliphatic rings. The first-order valence-electron chi connectivity index (χ1n) is 6.92. The molecule has 5 heteroatoms. The molecule has 0 radical (unpaired) electrons. The van der Waals surface area contributed by atoms with E-state index in [0.717, 1.165) is 0 Å². The zero-order valence-electron chi connectivity index (χ0n) is 12.5. The second-order valence-electron chi connectivity index (χ2n) is 6.52. The fourth-order valence-corrected chi connectivity index (χ4v) is 2.04. The number of hydrogen-bond donors (Lipinski definition) is 1. The van der Waals surface area contributed by atoms with Crippen molar-refractivity contribution in [1.29, 1.82) is 0 Å². The van der Waals surface area contributed by atoms with Gasteiger partial charge in [-0.1, -0.05) is 27.7 Å². The highest BCUT2D eigenvalue weighted by atomic mass is 16.4. The Kier molecular flexibility index (Phi) is 5.35. The third-order valence-electron chi connectivity index (χ3n) is 4.04. The molecule has 0 aliphatic carbocycles. The quantitative estimate of drug-likeness (QED) is 0.836. The van der Waals surface area contributed by atoms with Gasteiger partial charge in [0.2, 0.25) is 5.91 Å². The van der Waals surface area contributed by atoms with Crippen molar-refractivity contribution < 1.29 is 14.7 Å². The van der Waals surface area contributed by atoms with Gasteiger partial charge in [-0.15, -0.1) is 0 Å². The summed E-state index contributed by atoms with van der Waals surface area (Å²) in [6.07, 6.45) is 0.572. The van der Waals surface area contributed by atoms with Crippen LogP contribution in [0.4, 0.5) is 0 Å². The fourth-order valence-electron chi connectivity index (χ4n) is 2.04. The smallest absolute Gasteiger partial charge is 0.317 e. The monoisotopic (exact) mass is 270 g/mol. The SMILES string of the molecule is CC(CC(=O)N1CCN(CC(=O)O)CC1)C(C)(C)C. The zero-order valence-corrected chi connectivity index (χ0v) is 12.5. The number of amides is 1. The molecule has 0 aromatic heterocycles. The van der Waals surface area contributed by atoms with E-state index in [1.165, 1.54) is 0 Å². The highest BCUT2D eigenvalue weighted by Crippen LogP contribution is 2.28. The first-order chi connectivity index (χ1) is 8.70. The number of nitrogens with zero attached hydrogens (tertiary/aromatic N) is 2. The van der Waals surface area contributed by atoms with Crippen molar-refractivity contribution in [3.8, 4) is 0 Å². The summed E-state index contributed by atoms with van der Waals surface area (Å²) < 4.78 is 0. The molecule has 1 rings (SSSR count). The Labute approximate surface area is 115 Å². The molecule has 0 spiro atoms. The lowest BCUT2D eigenvalue weighted by molar-refractivity contribution is -0.139. The summed E-state index contributed by atoms with van der Waals surface area (Å²) in [6, 6.07) is 0. The zero-order chi connectivity index (χ0) is 14.6. The first kappa shape index (κ1) is 16.0. The van der Waals surface area contributed by atoms with E-state index < -0.39 is 5.97 Å². The summed E-state index contributed by atoms with van der Waals surface area (Å²) in [5.74, 6) is -0.268. The second kappa shape index (κ2) is 6.37. The van der Waals surface area contributed by atoms with E-state index >= 15 is 0 Å². The van der Waals surface area contributed by atoms with Crippen molar-refractivity contribution in [3.63, 3.8) is 0 Å². The Morgan fingerprint density at radius 2 is 1.68 bits per heavy atom. The van der Waals surface area contributed by atoms with Crippen molar-refractivity contribution >= 4 is 11.9 Å². The van der Waals surface area contributed by atoms with E-state index in [1.807, 2.05) is 9.80 Å². The van der Waals surface area contributed by atoms with Gasteiger partial charge >= 0.3 is 5.97 Å². The molecule has 1 N–H and O–H groups in total. The summed E-state index contributed by atoms with van der Waals surface area (Å²) >= 11 is 0. The molecule has 19 heavy (non-hydrogen) atoms. The average Bonchev–Trinajstić information content (AvgIpc) is 2.27. The summed E-state index contributed by atoms with van der Waals surface area (Å²) in [4.78, 5) is 26.5. The van der Waals surface area contributed by atoms with Crippen LogP contribution in [-0.2, 0) is 9.59 Å². The molecule has 1 amide bonds. The summed E-state index contributed by atoms with van der Waals surface area (Å²) in [5.41, 5.74) is 0.140. The average molecular weight is 270 g/mol. The summed E-state index contributed by atoms with van der Waals surface area (Å²) in [7, 11) is 0. The molecule has 0 saturated carbocycles. The van der Waals surface area contributed by atoms with Crippen LogP contribution in [0, 0.1) is 11.3 Å². The molecule has 1 unspecified atom stereocenters. The van der Waals surface area contributed by atoms with Gasteiger partial charge in [0.05, 0.1) is 6.54 Å². The maximum Gasteiger partial charge on any atom is 0.317 e. The van der Waals surface area contributed by atoms with Crippen LogP contribution < -0.4 is 0 Å². The van der Waals surface area contributed by atoms with E-state index in [9.17, 15) is 9.59 Å². The standard InChI is InChI=1S/C14H26N2O3/c1-11(14(2,3)4)9-12(17)16-7-5-15(6-8-16)10-13(18)19/h11H,5-10H2,1-4H3,(H,18,19). The number of carboxylic acids is 1.